The van der Waals surface area contributed by atoms with Crippen LogP contribution >= 0.6 is 11.8 Å². The first-order valence-corrected chi connectivity index (χ1v) is 9.16. The quantitative estimate of drug-likeness (QED) is 0.589. The lowest BCUT2D eigenvalue weighted by Crippen LogP contribution is -2.13. The molecule has 1 aromatic rings. The van der Waals surface area contributed by atoms with Crippen LogP contribution in [-0.2, 0) is 16.4 Å². The van der Waals surface area contributed by atoms with Crippen molar-refractivity contribution < 1.29 is 8.42 Å². The molecule has 18 heavy (non-hydrogen) atoms. The number of nitrogens with one attached hydrogen (secondary N) is 1. The Labute approximate surface area is 114 Å². The van der Waals surface area contributed by atoms with Gasteiger partial charge in [0.2, 0.25) is 0 Å². The first-order chi connectivity index (χ1) is 8.51. The number of hydrogen-bond donors (Lipinski definition) is 1. The van der Waals surface area contributed by atoms with Crippen LogP contribution in [0.15, 0.2) is 29.2 Å². The highest BCUT2D eigenvalue weighted by Crippen LogP contribution is 2.19. The van der Waals surface area contributed by atoms with E-state index in [1.54, 1.807) is 11.8 Å². The molecule has 1 aromatic carbocycles. The Kier molecular flexibility index (Phi) is 6.75. The number of benzene rings is 1. The molecular weight excluding hydrogens is 266 g/mol. The third-order valence-electron chi connectivity index (χ3n) is 2.38. The van der Waals surface area contributed by atoms with Crippen molar-refractivity contribution >= 4 is 21.6 Å². The molecule has 0 bridgehead atoms. The van der Waals surface area contributed by atoms with E-state index in [2.05, 4.69) is 24.4 Å². The highest BCUT2D eigenvalue weighted by atomic mass is 32.2. The highest BCUT2D eigenvalue weighted by Gasteiger charge is 2.03. The van der Waals surface area contributed by atoms with Gasteiger partial charge in [-0.05, 0) is 30.7 Å². The summed E-state index contributed by atoms with van der Waals surface area (Å²) in [4.78, 5) is 1.13. The van der Waals surface area contributed by atoms with Crippen molar-refractivity contribution in [3.05, 3.63) is 29.8 Å². The maximum atomic E-state index is 11.0. The molecule has 0 spiro atoms. The van der Waals surface area contributed by atoms with Crippen molar-refractivity contribution in [2.24, 2.45) is 0 Å². The van der Waals surface area contributed by atoms with Crippen LogP contribution in [0, 0.1) is 0 Å². The summed E-state index contributed by atoms with van der Waals surface area (Å²) in [5.74, 6) is 0.848. The summed E-state index contributed by atoms with van der Waals surface area (Å²) >= 11 is 1.59. The van der Waals surface area contributed by atoms with Gasteiger partial charge in [-0.2, -0.15) is 0 Å². The topological polar surface area (TPSA) is 46.2 Å². The molecule has 0 aliphatic heterocycles. The molecule has 0 amide bonds. The summed E-state index contributed by atoms with van der Waals surface area (Å²) in [6.45, 7) is 4.03. The average molecular weight is 287 g/mol. The van der Waals surface area contributed by atoms with E-state index >= 15 is 0 Å². The highest BCUT2D eigenvalue weighted by molar-refractivity contribution is 8.00. The zero-order valence-electron chi connectivity index (χ0n) is 11.0. The monoisotopic (exact) mass is 287 g/mol. The van der Waals surface area contributed by atoms with Crippen LogP contribution in [0.1, 0.15) is 18.9 Å². The molecule has 0 heterocycles. The Morgan fingerprint density at radius 1 is 1.33 bits per heavy atom. The molecule has 0 unspecified atom stereocenters. The molecule has 0 aromatic heterocycles. The van der Waals surface area contributed by atoms with Crippen LogP contribution in [0.2, 0.25) is 0 Å². The van der Waals surface area contributed by atoms with Crippen LogP contribution in [-0.4, -0.2) is 32.7 Å². The van der Waals surface area contributed by atoms with Gasteiger partial charge in [0.15, 0.2) is 0 Å². The van der Waals surface area contributed by atoms with Crippen LogP contribution in [0.25, 0.3) is 0 Å². The second-order valence-corrected chi connectivity index (χ2v) is 7.73. The molecule has 0 aliphatic carbocycles. The van der Waals surface area contributed by atoms with E-state index in [4.69, 9.17) is 0 Å². The molecule has 0 fully saturated rings. The molecule has 3 nitrogen and oxygen atoms in total. The number of hydrogen-bond acceptors (Lipinski definition) is 4. The summed E-state index contributed by atoms with van der Waals surface area (Å²) in [6, 6.07) is 8.25. The lowest BCUT2D eigenvalue weighted by atomic mass is 10.2. The zero-order chi connectivity index (χ0) is 13.4. The second kappa shape index (κ2) is 7.81. The van der Waals surface area contributed by atoms with Gasteiger partial charge in [-0.25, -0.2) is 8.42 Å². The minimum Gasteiger partial charge on any atom is -0.313 e. The lowest BCUT2D eigenvalue weighted by Gasteiger charge is -2.06. The van der Waals surface area contributed by atoms with E-state index in [9.17, 15) is 8.42 Å². The van der Waals surface area contributed by atoms with Gasteiger partial charge in [0, 0.05) is 23.4 Å². The third-order valence-corrected chi connectivity index (χ3v) is 4.58. The minimum atomic E-state index is -2.86. The maximum Gasteiger partial charge on any atom is 0.148 e. The minimum absolute atomic E-state index is 0.232. The van der Waals surface area contributed by atoms with Crippen molar-refractivity contribution in [2.75, 3.05) is 24.3 Å². The van der Waals surface area contributed by atoms with Gasteiger partial charge in [0.25, 0.3) is 0 Å². The van der Waals surface area contributed by atoms with Gasteiger partial charge in [-0.3, -0.25) is 0 Å². The molecule has 0 saturated carbocycles. The van der Waals surface area contributed by atoms with E-state index < -0.39 is 9.84 Å². The fourth-order valence-corrected chi connectivity index (χ4v) is 3.66. The van der Waals surface area contributed by atoms with E-state index in [0.29, 0.717) is 5.75 Å². The van der Waals surface area contributed by atoms with Gasteiger partial charge in [0.1, 0.15) is 9.84 Å². The summed E-state index contributed by atoms with van der Waals surface area (Å²) < 4.78 is 22.1. The molecular formula is C13H21NO2S2. The molecule has 0 aliphatic rings. The fourth-order valence-electron chi connectivity index (χ4n) is 1.47. The normalized spacial score (nSPS) is 11.7. The number of rotatable bonds is 8. The lowest BCUT2D eigenvalue weighted by molar-refractivity contribution is 0.603. The molecule has 0 atom stereocenters. The summed E-state index contributed by atoms with van der Waals surface area (Å²) in [7, 11) is -2.86. The van der Waals surface area contributed by atoms with Crippen LogP contribution in [0.5, 0.6) is 0 Å². The Hall–Kier alpha value is -0.520. The van der Waals surface area contributed by atoms with Crippen molar-refractivity contribution in [1.82, 2.24) is 5.32 Å². The molecule has 102 valence electrons. The first kappa shape index (κ1) is 15.5. The van der Waals surface area contributed by atoms with Crippen molar-refractivity contribution in [1.29, 1.82) is 0 Å². The standard InChI is InChI=1S/C13H21NO2S2/c1-3-7-14-11-12-5-4-6-13(10-12)17-8-9-18(2,15)16/h4-6,10,14H,3,7-9,11H2,1-2H3. The Balaban J connectivity index is 2.44. The van der Waals surface area contributed by atoms with E-state index in [-0.39, 0.29) is 5.75 Å². The van der Waals surface area contributed by atoms with Gasteiger partial charge >= 0.3 is 0 Å². The van der Waals surface area contributed by atoms with Gasteiger partial charge in [0.05, 0.1) is 5.75 Å². The van der Waals surface area contributed by atoms with Crippen LogP contribution < -0.4 is 5.32 Å². The summed E-state index contributed by atoms with van der Waals surface area (Å²) in [5.41, 5.74) is 1.24. The van der Waals surface area contributed by atoms with Crippen LogP contribution in [0.4, 0.5) is 0 Å². The van der Waals surface area contributed by atoms with Gasteiger partial charge < -0.3 is 5.32 Å². The van der Waals surface area contributed by atoms with Crippen LogP contribution in [0.3, 0.4) is 0 Å². The van der Waals surface area contributed by atoms with Gasteiger partial charge in [-0.1, -0.05) is 19.1 Å². The number of thioether (sulfide) groups is 1. The predicted octanol–water partition coefficient (Wildman–Crippen LogP) is 2.32. The zero-order valence-corrected chi connectivity index (χ0v) is 12.6. The molecule has 5 heteroatoms. The Morgan fingerprint density at radius 2 is 2.11 bits per heavy atom. The molecule has 0 radical (unpaired) electrons. The summed E-state index contributed by atoms with van der Waals surface area (Å²) in [6.07, 6.45) is 2.40. The van der Waals surface area contributed by atoms with E-state index in [1.807, 2.05) is 12.1 Å². The first-order valence-electron chi connectivity index (χ1n) is 6.11. The summed E-state index contributed by atoms with van der Waals surface area (Å²) in [5, 5.41) is 3.35. The largest absolute Gasteiger partial charge is 0.313 e. The van der Waals surface area contributed by atoms with Gasteiger partial charge in [-0.15, -0.1) is 11.8 Å². The fraction of sp³-hybridized carbons (Fsp3) is 0.538. The molecule has 0 saturated heterocycles. The molecule has 1 N–H and O–H groups in total. The Morgan fingerprint density at radius 3 is 2.78 bits per heavy atom. The average Bonchev–Trinajstić information content (AvgIpc) is 2.28. The molecule has 1 rings (SSSR count). The smallest absolute Gasteiger partial charge is 0.148 e. The van der Waals surface area contributed by atoms with E-state index in [1.165, 1.54) is 11.8 Å². The third kappa shape index (κ3) is 7.03. The second-order valence-electron chi connectivity index (χ2n) is 4.30. The van der Waals surface area contributed by atoms with Crippen molar-refractivity contribution in [3.63, 3.8) is 0 Å². The van der Waals surface area contributed by atoms with E-state index in [0.717, 1.165) is 24.4 Å². The Bertz CT molecular complexity index is 458. The van der Waals surface area contributed by atoms with Crippen molar-refractivity contribution in [2.45, 2.75) is 24.8 Å². The SMILES string of the molecule is CCCNCc1cccc(SCCS(C)(=O)=O)c1. The number of sulfone groups is 1. The van der Waals surface area contributed by atoms with Crippen molar-refractivity contribution in [3.8, 4) is 0 Å². The maximum absolute atomic E-state index is 11.0. The predicted molar refractivity (Wildman–Crippen MR) is 78.9 cm³/mol.